The number of alkyl halides is 1. The molecule has 4 amide bonds. The molecule has 2 aromatic rings. The fraction of sp³-hybridized carbons (Fsp3) is 0.208. The van der Waals surface area contributed by atoms with Gasteiger partial charge in [-0.3, -0.25) is 29.0 Å². The minimum atomic E-state index is -2.02. The summed E-state index contributed by atoms with van der Waals surface area (Å²) in [5.41, 5.74) is -0.786. The monoisotopic (exact) mass is 431 g/mol. The molecule has 160 valence electrons. The van der Waals surface area contributed by atoms with Gasteiger partial charge in [-0.25, -0.2) is 4.39 Å². The van der Waals surface area contributed by atoms with Crippen molar-refractivity contribution in [2.24, 2.45) is 0 Å². The molecule has 0 saturated heterocycles. The van der Waals surface area contributed by atoms with Crippen molar-refractivity contribution in [2.45, 2.75) is 18.4 Å². The Bertz CT molecular complexity index is 1160. The Morgan fingerprint density at radius 2 is 1.31 bits per heavy atom. The summed E-state index contributed by atoms with van der Waals surface area (Å²) >= 11 is 0. The van der Waals surface area contributed by atoms with E-state index in [2.05, 4.69) is 6.58 Å². The summed E-state index contributed by atoms with van der Waals surface area (Å²) in [5, 5.41) is 9.77. The Hall–Kier alpha value is -4.12. The number of fused-ring (bicyclic) bond motifs is 2. The van der Waals surface area contributed by atoms with Crippen LogP contribution in [-0.2, 0) is 0 Å². The van der Waals surface area contributed by atoms with Crippen molar-refractivity contribution in [3.63, 3.8) is 0 Å². The van der Waals surface area contributed by atoms with Crippen LogP contribution >= 0.6 is 0 Å². The minimum absolute atomic E-state index is 0.0261. The molecule has 8 heteroatoms. The predicted octanol–water partition coefficient (Wildman–Crippen LogP) is 3.15. The Morgan fingerprint density at radius 3 is 1.72 bits per heavy atom. The van der Waals surface area contributed by atoms with Gasteiger partial charge in [0.1, 0.15) is 6.67 Å². The van der Waals surface area contributed by atoms with E-state index in [1.807, 2.05) is 0 Å². The van der Waals surface area contributed by atoms with E-state index in [0.717, 1.165) is 4.90 Å². The zero-order chi connectivity index (χ0) is 23.0. The molecule has 4 rings (SSSR count). The Labute approximate surface area is 183 Å². The van der Waals surface area contributed by atoms with E-state index in [-0.39, 0.29) is 30.5 Å². The van der Waals surface area contributed by atoms with Crippen LogP contribution in [0.15, 0.2) is 60.7 Å². The van der Waals surface area contributed by atoms with Gasteiger partial charge < -0.3 is 0 Å². The van der Waals surface area contributed by atoms with Crippen LogP contribution in [0.2, 0.25) is 0 Å². The maximum atomic E-state index is 14.2. The zero-order valence-electron chi connectivity index (χ0n) is 17.0. The second-order valence-corrected chi connectivity index (χ2v) is 7.76. The van der Waals surface area contributed by atoms with Gasteiger partial charge in [-0.1, -0.05) is 36.4 Å². The van der Waals surface area contributed by atoms with Gasteiger partial charge in [-0.2, -0.15) is 5.26 Å². The summed E-state index contributed by atoms with van der Waals surface area (Å²) < 4.78 is 14.2. The molecule has 0 radical (unpaired) electrons. The average Bonchev–Trinajstić information content (AvgIpc) is 3.21. The smallest absolute Gasteiger partial charge is 0.263 e. The van der Waals surface area contributed by atoms with Crippen LogP contribution in [0.4, 0.5) is 4.39 Å². The molecule has 2 aliphatic heterocycles. The molecule has 2 heterocycles. The maximum absolute atomic E-state index is 14.2. The standard InChI is InChI=1S/C24H18FN3O4/c1-15(12-27-20(29)16-6-2-3-7-17(16)21(27)30)10-11-24(13-25,14-26)28-22(31)18-8-4-5-9-19(18)23(28)32/h2-9H,1,10-13H2. The van der Waals surface area contributed by atoms with Crippen molar-refractivity contribution >= 4 is 23.6 Å². The molecule has 0 spiro atoms. The lowest BCUT2D eigenvalue weighted by atomic mass is 9.92. The van der Waals surface area contributed by atoms with E-state index in [4.69, 9.17) is 0 Å². The Kier molecular flexibility index (Phi) is 5.18. The van der Waals surface area contributed by atoms with Crippen LogP contribution in [0.3, 0.4) is 0 Å². The lowest BCUT2D eigenvalue weighted by Gasteiger charge is -2.32. The lowest BCUT2D eigenvalue weighted by molar-refractivity contribution is 0.0451. The largest absolute Gasteiger partial charge is 0.270 e. The normalized spacial score (nSPS) is 16.6. The van der Waals surface area contributed by atoms with Crippen LogP contribution in [0.1, 0.15) is 54.3 Å². The first-order chi connectivity index (χ1) is 15.3. The molecule has 0 aromatic heterocycles. The Balaban J connectivity index is 1.50. The third kappa shape index (κ3) is 3.10. The van der Waals surface area contributed by atoms with Crippen molar-refractivity contribution in [2.75, 3.05) is 13.2 Å². The highest BCUT2D eigenvalue weighted by Gasteiger charge is 2.49. The zero-order valence-corrected chi connectivity index (χ0v) is 17.0. The molecule has 0 N–H and O–H groups in total. The maximum Gasteiger partial charge on any atom is 0.263 e. The predicted molar refractivity (Wildman–Crippen MR) is 111 cm³/mol. The summed E-state index contributed by atoms with van der Waals surface area (Å²) in [6.45, 7) is 2.50. The third-order valence-corrected chi connectivity index (χ3v) is 5.80. The van der Waals surface area contributed by atoms with E-state index in [1.165, 1.54) is 12.1 Å². The molecule has 1 unspecified atom stereocenters. The van der Waals surface area contributed by atoms with Crippen molar-refractivity contribution < 1.29 is 23.6 Å². The van der Waals surface area contributed by atoms with E-state index in [9.17, 15) is 28.8 Å². The first-order valence-corrected chi connectivity index (χ1v) is 9.91. The number of imide groups is 2. The summed E-state index contributed by atoms with van der Waals surface area (Å²) in [4.78, 5) is 52.3. The second-order valence-electron chi connectivity index (χ2n) is 7.76. The van der Waals surface area contributed by atoms with Gasteiger partial charge >= 0.3 is 0 Å². The summed E-state index contributed by atoms with van der Waals surface area (Å²) in [7, 11) is 0. The summed E-state index contributed by atoms with van der Waals surface area (Å²) in [6.07, 6.45) is -0.189. The third-order valence-electron chi connectivity index (χ3n) is 5.80. The van der Waals surface area contributed by atoms with E-state index in [0.29, 0.717) is 21.6 Å². The highest BCUT2D eigenvalue weighted by Crippen LogP contribution is 2.33. The van der Waals surface area contributed by atoms with E-state index < -0.39 is 35.8 Å². The number of carbonyl (C=O) groups excluding carboxylic acids is 4. The molecule has 2 aliphatic rings. The first kappa shape index (κ1) is 21.1. The molecule has 7 nitrogen and oxygen atoms in total. The molecule has 32 heavy (non-hydrogen) atoms. The number of halogens is 1. The van der Waals surface area contributed by atoms with E-state index >= 15 is 0 Å². The van der Waals surface area contributed by atoms with Gasteiger partial charge in [-0.15, -0.1) is 0 Å². The average molecular weight is 431 g/mol. The van der Waals surface area contributed by atoms with Gasteiger partial charge in [0.05, 0.1) is 28.3 Å². The van der Waals surface area contributed by atoms with Crippen LogP contribution in [0.5, 0.6) is 0 Å². The highest BCUT2D eigenvalue weighted by molar-refractivity contribution is 6.22. The quantitative estimate of drug-likeness (QED) is 0.495. The number of rotatable bonds is 7. The number of benzene rings is 2. The lowest BCUT2D eigenvalue weighted by Crippen LogP contribution is -2.52. The fourth-order valence-corrected chi connectivity index (χ4v) is 4.02. The van der Waals surface area contributed by atoms with Crippen molar-refractivity contribution in [1.82, 2.24) is 9.80 Å². The number of nitriles is 1. The van der Waals surface area contributed by atoms with Crippen LogP contribution in [-0.4, -0.2) is 52.2 Å². The fourth-order valence-electron chi connectivity index (χ4n) is 4.02. The van der Waals surface area contributed by atoms with Crippen LogP contribution in [0.25, 0.3) is 0 Å². The highest BCUT2D eigenvalue weighted by atomic mass is 19.1. The summed E-state index contributed by atoms with van der Waals surface area (Å²) in [5.74, 6) is -2.36. The molecule has 2 aromatic carbocycles. The van der Waals surface area contributed by atoms with Crippen LogP contribution in [0, 0.1) is 11.3 Å². The van der Waals surface area contributed by atoms with Crippen molar-refractivity contribution in [1.29, 1.82) is 5.26 Å². The number of hydrogen-bond acceptors (Lipinski definition) is 5. The van der Waals surface area contributed by atoms with Gasteiger partial charge in [-0.05, 0) is 37.1 Å². The molecule has 0 saturated carbocycles. The van der Waals surface area contributed by atoms with Gasteiger partial charge in [0, 0.05) is 6.54 Å². The Morgan fingerprint density at radius 1 is 0.875 bits per heavy atom. The molecular weight excluding hydrogens is 413 g/mol. The number of nitrogens with zero attached hydrogens (tertiary/aromatic N) is 3. The van der Waals surface area contributed by atoms with E-state index in [1.54, 1.807) is 42.5 Å². The number of hydrogen-bond donors (Lipinski definition) is 0. The molecule has 1 atom stereocenters. The number of amides is 4. The van der Waals surface area contributed by atoms with Crippen molar-refractivity contribution in [3.8, 4) is 6.07 Å². The SMILES string of the molecule is C=C(CCC(C#N)(CF)N1C(=O)c2ccccc2C1=O)CN1C(=O)c2ccccc2C1=O. The van der Waals surface area contributed by atoms with Crippen molar-refractivity contribution in [3.05, 3.63) is 82.9 Å². The van der Waals surface area contributed by atoms with Crippen LogP contribution < -0.4 is 0 Å². The first-order valence-electron chi connectivity index (χ1n) is 9.91. The van der Waals surface area contributed by atoms with Gasteiger partial charge in [0.2, 0.25) is 0 Å². The van der Waals surface area contributed by atoms with Gasteiger partial charge in [0.15, 0.2) is 5.54 Å². The molecule has 0 fully saturated rings. The topological polar surface area (TPSA) is 98.5 Å². The second kappa shape index (κ2) is 7.85. The minimum Gasteiger partial charge on any atom is -0.270 e. The summed E-state index contributed by atoms with van der Waals surface area (Å²) in [6, 6.07) is 14.3. The number of carbonyl (C=O) groups is 4. The van der Waals surface area contributed by atoms with Gasteiger partial charge in [0.25, 0.3) is 23.6 Å². The molecule has 0 aliphatic carbocycles. The molecule has 0 bridgehead atoms. The molecular formula is C24H18FN3O4.